The monoisotopic (exact) mass is 445 g/mol. The van der Waals surface area contributed by atoms with Gasteiger partial charge in [-0.2, -0.15) is 0 Å². The number of hydrogen-bond acceptors (Lipinski definition) is 4. The van der Waals surface area contributed by atoms with Gasteiger partial charge in [0.15, 0.2) is 0 Å². The molecule has 0 radical (unpaired) electrons. The molecular weight excluding hydrogens is 421 g/mol. The molecule has 3 rings (SSSR count). The average molecular weight is 447 g/mol. The second-order valence-corrected chi connectivity index (χ2v) is 6.92. The lowest BCUT2D eigenvalue weighted by Crippen LogP contribution is -2.25. The first-order valence-corrected chi connectivity index (χ1v) is 9.16. The number of carbonyl (C=O) groups excluding carboxylic acids is 1. The van der Waals surface area contributed by atoms with Crippen molar-refractivity contribution in [3.8, 4) is 5.75 Å². The number of hydrogen-bond donors (Lipinski definition) is 2. The smallest absolute Gasteiger partial charge is 0.255 e. The first-order valence-electron chi connectivity index (χ1n) is 8.79. The molecule has 1 fully saturated rings. The van der Waals surface area contributed by atoms with Crippen LogP contribution < -0.4 is 15.8 Å². The van der Waals surface area contributed by atoms with Crippen LogP contribution in [0.5, 0.6) is 5.75 Å². The van der Waals surface area contributed by atoms with Gasteiger partial charge in [-0.05, 0) is 43.1 Å². The van der Waals surface area contributed by atoms with Crippen LogP contribution in [0.2, 0.25) is 5.02 Å². The lowest BCUT2D eigenvalue weighted by atomic mass is 10.1. The third-order valence-electron chi connectivity index (χ3n) is 4.71. The van der Waals surface area contributed by atoms with Crippen LogP contribution in [0.4, 0.5) is 5.69 Å². The zero-order valence-corrected chi connectivity index (χ0v) is 18.1. The topological polar surface area (TPSA) is 67.6 Å². The molecule has 1 saturated heterocycles. The Bertz CT molecular complexity index is 796. The van der Waals surface area contributed by atoms with Crippen molar-refractivity contribution >= 4 is 48.0 Å². The predicted octanol–water partition coefficient (Wildman–Crippen LogP) is 4.30. The maximum absolute atomic E-state index is 12.6. The summed E-state index contributed by atoms with van der Waals surface area (Å²) >= 11 is 6.06. The first kappa shape index (κ1) is 24.4. The van der Waals surface area contributed by atoms with Crippen molar-refractivity contribution in [1.82, 2.24) is 10.2 Å². The number of nitrogen functional groups attached to an aromatic ring is 1. The van der Waals surface area contributed by atoms with E-state index in [-0.39, 0.29) is 30.7 Å². The SMILES string of the molecule is COc1cc(N)c(Cl)cc1C(=O)NCc1ccccc1CN1CCCC1.Cl.Cl. The van der Waals surface area contributed by atoms with E-state index in [0.717, 1.165) is 25.2 Å². The van der Waals surface area contributed by atoms with E-state index in [0.29, 0.717) is 28.6 Å². The third kappa shape index (κ3) is 5.92. The number of benzene rings is 2. The summed E-state index contributed by atoms with van der Waals surface area (Å²) in [6.45, 7) is 3.65. The minimum atomic E-state index is -0.236. The number of anilines is 1. The standard InChI is InChI=1S/C20H24ClN3O2.2ClH/c1-26-19-11-18(22)17(21)10-16(19)20(25)23-12-14-6-2-3-7-15(14)13-24-8-4-5-9-24;;/h2-3,6-7,10-11H,4-5,8-9,12-13,22H2,1H3,(H,23,25);2*1H. The number of likely N-dealkylation sites (tertiary alicyclic amines) is 1. The molecule has 1 heterocycles. The molecule has 28 heavy (non-hydrogen) atoms. The quantitative estimate of drug-likeness (QED) is 0.649. The Morgan fingerprint density at radius 1 is 1.18 bits per heavy atom. The van der Waals surface area contributed by atoms with E-state index in [9.17, 15) is 4.79 Å². The Balaban J connectivity index is 0.00000196. The van der Waals surface area contributed by atoms with Gasteiger partial charge in [0.25, 0.3) is 5.91 Å². The van der Waals surface area contributed by atoms with Crippen LogP contribution in [0.25, 0.3) is 0 Å². The van der Waals surface area contributed by atoms with Gasteiger partial charge >= 0.3 is 0 Å². The molecular formula is C20H26Cl3N3O2. The molecule has 3 N–H and O–H groups in total. The van der Waals surface area contributed by atoms with Crippen molar-refractivity contribution < 1.29 is 9.53 Å². The summed E-state index contributed by atoms with van der Waals surface area (Å²) in [5.41, 5.74) is 8.91. The van der Waals surface area contributed by atoms with Crippen LogP contribution in [-0.4, -0.2) is 31.0 Å². The summed E-state index contributed by atoms with van der Waals surface area (Å²) in [5, 5.41) is 3.30. The van der Waals surface area contributed by atoms with Gasteiger partial charge in [0, 0.05) is 19.2 Å². The highest BCUT2D eigenvalue weighted by Gasteiger charge is 2.17. The summed E-state index contributed by atoms with van der Waals surface area (Å²) in [6.07, 6.45) is 2.52. The summed E-state index contributed by atoms with van der Waals surface area (Å²) < 4.78 is 5.26. The minimum absolute atomic E-state index is 0. The second-order valence-electron chi connectivity index (χ2n) is 6.51. The second kappa shape index (κ2) is 11.4. The number of carbonyl (C=O) groups is 1. The van der Waals surface area contributed by atoms with Crippen molar-refractivity contribution in [2.24, 2.45) is 0 Å². The molecule has 2 aromatic rings. The Morgan fingerprint density at radius 3 is 2.46 bits per heavy atom. The fraction of sp³-hybridized carbons (Fsp3) is 0.350. The number of rotatable bonds is 6. The van der Waals surface area contributed by atoms with Crippen molar-refractivity contribution in [2.45, 2.75) is 25.9 Å². The maximum atomic E-state index is 12.6. The number of amides is 1. The van der Waals surface area contributed by atoms with Crippen LogP contribution in [-0.2, 0) is 13.1 Å². The molecule has 1 aliphatic heterocycles. The molecule has 0 aliphatic carbocycles. The van der Waals surface area contributed by atoms with Gasteiger partial charge in [-0.1, -0.05) is 35.9 Å². The van der Waals surface area contributed by atoms with E-state index >= 15 is 0 Å². The molecule has 1 amide bonds. The molecule has 0 aromatic heterocycles. The molecule has 154 valence electrons. The van der Waals surface area contributed by atoms with Gasteiger partial charge in [-0.25, -0.2) is 0 Å². The molecule has 8 heteroatoms. The van der Waals surface area contributed by atoms with Crippen LogP contribution in [0, 0.1) is 0 Å². The predicted molar refractivity (Wildman–Crippen MR) is 119 cm³/mol. The Labute approximate surface area is 183 Å². The number of nitrogens with zero attached hydrogens (tertiary/aromatic N) is 1. The molecule has 0 atom stereocenters. The maximum Gasteiger partial charge on any atom is 0.255 e. The molecule has 0 unspecified atom stereocenters. The number of methoxy groups -OCH3 is 1. The normalized spacial score (nSPS) is 13.4. The average Bonchev–Trinajstić information content (AvgIpc) is 3.15. The summed E-state index contributed by atoms with van der Waals surface area (Å²) in [6, 6.07) is 11.3. The first-order chi connectivity index (χ1) is 12.6. The number of nitrogens with two attached hydrogens (primary N) is 1. The van der Waals surface area contributed by atoms with E-state index in [1.54, 1.807) is 12.1 Å². The fourth-order valence-corrected chi connectivity index (χ4v) is 3.42. The van der Waals surface area contributed by atoms with E-state index < -0.39 is 0 Å². The molecule has 1 aliphatic rings. The van der Waals surface area contributed by atoms with Gasteiger partial charge in [0.05, 0.1) is 23.4 Å². The van der Waals surface area contributed by atoms with Gasteiger partial charge in [0.1, 0.15) is 5.75 Å². The van der Waals surface area contributed by atoms with Gasteiger partial charge in [0.2, 0.25) is 0 Å². The van der Waals surface area contributed by atoms with E-state index in [4.69, 9.17) is 22.1 Å². The number of halogens is 3. The van der Waals surface area contributed by atoms with Gasteiger partial charge in [-0.15, -0.1) is 24.8 Å². The Morgan fingerprint density at radius 2 is 1.82 bits per heavy atom. The minimum Gasteiger partial charge on any atom is -0.496 e. The third-order valence-corrected chi connectivity index (χ3v) is 5.04. The van der Waals surface area contributed by atoms with Crippen LogP contribution in [0.15, 0.2) is 36.4 Å². The lowest BCUT2D eigenvalue weighted by Gasteiger charge is -2.18. The molecule has 0 spiro atoms. The van der Waals surface area contributed by atoms with Crippen molar-refractivity contribution in [3.05, 3.63) is 58.1 Å². The molecule has 0 bridgehead atoms. The summed E-state index contributed by atoms with van der Waals surface area (Å²) in [5.74, 6) is 0.175. The van der Waals surface area contributed by atoms with Crippen molar-refractivity contribution in [3.63, 3.8) is 0 Å². The van der Waals surface area contributed by atoms with Crippen molar-refractivity contribution in [2.75, 3.05) is 25.9 Å². The fourth-order valence-electron chi connectivity index (χ4n) is 3.25. The highest BCUT2D eigenvalue weighted by molar-refractivity contribution is 6.33. The zero-order valence-electron chi connectivity index (χ0n) is 15.7. The van der Waals surface area contributed by atoms with E-state index in [1.807, 2.05) is 12.1 Å². The number of ether oxygens (including phenoxy) is 1. The van der Waals surface area contributed by atoms with Crippen molar-refractivity contribution in [1.29, 1.82) is 0 Å². The van der Waals surface area contributed by atoms with Gasteiger partial charge in [-0.3, -0.25) is 9.69 Å². The Kier molecular flexibility index (Phi) is 9.90. The van der Waals surface area contributed by atoms with Crippen LogP contribution in [0.1, 0.15) is 34.3 Å². The van der Waals surface area contributed by atoms with E-state index in [2.05, 4.69) is 22.3 Å². The summed E-state index contributed by atoms with van der Waals surface area (Å²) in [4.78, 5) is 15.1. The number of nitrogens with one attached hydrogen (secondary N) is 1. The largest absolute Gasteiger partial charge is 0.496 e. The molecule has 2 aromatic carbocycles. The summed E-state index contributed by atoms with van der Waals surface area (Å²) in [7, 11) is 1.50. The molecule has 0 saturated carbocycles. The van der Waals surface area contributed by atoms with Crippen LogP contribution >= 0.6 is 36.4 Å². The van der Waals surface area contributed by atoms with Crippen LogP contribution in [0.3, 0.4) is 0 Å². The zero-order chi connectivity index (χ0) is 18.5. The van der Waals surface area contributed by atoms with E-state index in [1.165, 1.54) is 25.5 Å². The highest BCUT2D eigenvalue weighted by atomic mass is 35.5. The highest BCUT2D eigenvalue weighted by Crippen LogP contribution is 2.28. The van der Waals surface area contributed by atoms with Gasteiger partial charge < -0.3 is 15.8 Å². The Hall–Kier alpha value is -1.66. The lowest BCUT2D eigenvalue weighted by molar-refractivity contribution is 0.0948. The molecule has 5 nitrogen and oxygen atoms in total.